The van der Waals surface area contributed by atoms with Crippen LogP contribution in [0.3, 0.4) is 0 Å². The fraction of sp³-hybridized carbons (Fsp3) is 0.833. The van der Waals surface area contributed by atoms with E-state index in [9.17, 15) is 0 Å². The van der Waals surface area contributed by atoms with E-state index >= 15 is 0 Å². The van der Waals surface area contributed by atoms with E-state index in [-0.39, 0.29) is 12.6 Å². The zero-order chi connectivity index (χ0) is 8.43. The van der Waals surface area contributed by atoms with Gasteiger partial charge in [-0.1, -0.05) is 0 Å². The molecule has 4 N–H and O–H groups in total. The lowest BCUT2D eigenvalue weighted by atomic mass is 10.3. The molecule has 1 atom stereocenters. The third-order valence-electron chi connectivity index (χ3n) is 1.92. The van der Waals surface area contributed by atoms with E-state index in [1.807, 2.05) is 6.92 Å². The van der Waals surface area contributed by atoms with Crippen LogP contribution in [0, 0.1) is 5.41 Å². The van der Waals surface area contributed by atoms with E-state index in [1.54, 1.807) is 4.90 Å². The van der Waals surface area contributed by atoms with Gasteiger partial charge in [0, 0.05) is 6.54 Å². The first-order valence-electron chi connectivity index (χ1n) is 3.65. The van der Waals surface area contributed by atoms with Gasteiger partial charge in [-0.25, -0.2) is 5.84 Å². The molecule has 1 unspecified atom stereocenters. The maximum absolute atomic E-state index is 8.80. The van der Waals surface area contributed by atoms with Crippen LogP contribution in [0.4, 0.5) is 0 Å². The number of guanidine groups is 1. The van der Waals surface area contributed by atoms with Gasteiger partial charge in [-0.15, -0.1) is 0 Å². The summed E-state index contributed by atoms with van der Waals surface area (Å²) in [6.45, 7) is 3.34. The molecule has 1 aliphatic heterocycles. The quantitative estimate of drug-likeness (QED) is 0.441. The summed E-state index contributed by atoms with van der Waals surface area (Å²) in [6.07, 6.45) is 0. The van der Waals surface area contributed by atoms with Crippen LogP contribution in [0.5, 0.6) is 0 Å². The fourth-order valence-electron chi connectivity index (χ4n) is 1.12. The molecule has 0 aliphatic carbocycles. The first kappa shape index (κ1) is 8.29. The topological polar surface area (TPSA) is 76.6 Å². The summed E-state index contributed by atoms with van der Waals surface area (Å²) in [7, 11) is 0. The molecule has 0 aromatic heterocycles. The Kier molecular flexibility index (Phi) is 2.31. The number of rotatable bonds is 2. The standard InChI is InChI=1S/C6H14N4O/c1-5(4-11)9-2-3-10(8)6(9)7/h5,7,11H,2-4,8H2,1H3. The summed E-state index contributed by atoms with van der Waals surface area (Å²) in [5.74, 6) is 5.74. The average Bonchev–Trinajstić information content (AvgIpc) is 2.32. The number of aliphatic hydroxyl groups excluding tert-OH is 1. The summed E-state index contributed by atoms with van der Waals surface area (Å²) in [4.78, 5) is 1.78. The van der Waals surface area contributed by atoms with Gasteiger partial charge in [0.25, 0.3) is 0 Å². The van der Waals surface area contributed by atoms with Crippen molar-refractivity contribution in [1.29, 1.82) is 5.41 Å². The second kappa shape index (κ2) is 3.06. The minimum absolute atomic E-state index is 0.00366. The third kappa shape index (κ3) is 1.44. The van der Waals surface area contributed by atoms with E-state index in [0.29, 0.717) is 12.5 Å². The number of hydrazine groups is 1. The molecule has 1 fully saturated rings. The van der Waals surface area contributed by atoms with Crippen LogP contribution in [0.1, 0.15) is 6.92 Å². The fourth-order valence-corrected chi connectivity index (χ4v) is 1.12. The van der Waals surface area contributed by atoms with Crippen LogP contribution >= 0.6 is 0 Å². The van der Waals surface area contributed by atoms with E-state index in [0.717, 1.165) is 6.54 Å². The van der Waals surface area contributed by atoms with Gasteiger partial charge in [0.15, 0.2) is 0 Å². The minimum Gasteiger partial charge on any atom is -0.394 e. The second-order valence-electron chi connectivity index (χ2n) is 2.74. The van der Waals surface area contributed by atoms with Crippen molar-refractivity contribution in [2.45, 2.75) is 13.0 Å². The number of hydrogen-bond donors (Lipinski definition) is 3. The molecule has 0 spiro atoms. The smallest absolute Gasteiger partial charge is 0.208 e. The maximum atomic E-state index is 8.80. The molecule has 0 bridgehead atoms. The first-order valence-corrected chi connectivity index (χ1v) is 3.65. The molecule has 1 saturated heterocycles. The number of aliphatic hydroxyl groups is 1. The molecular weight excluding hydrogens is 144 g/mol. The van der Waals surface area contributed by atoms with Gasteiger partial charge < -0.3 is 10.0 Å². The Morgan fingerprint density at radius 2 is 2.36 bits per heavy atom. The van der Waals surface area contributed by atoms with E-state index in [2.05, 4.69) is 0 Å². The Balaban J connectivity index is 2.54. The van der Waals surface area contributed by atoms with Crippen molar-refractivity contribution in [1.82, 2.24) is 9.91 Å². The second-order valence-corrected chi connectivity index (χ2v) is 2.74. The normalized spacial score (nSPS) is 21.2. The summed E-state index contributed by atoms with van der Waals surface area (Å²) in [6, 6.07) is -0.00366. The lowest BCUT2D eigenvalue weighted by Crippen LogP contribution is -2.42. The van der Waals surface area contributed by atoms with E-state index in [4.69, 9.17) is 16.4 Å². The van der Waals surface area contributed by atoms with Gasteiger partial charge in [0.05, 0.1) is 19.2 Å². The molecule has 0 amide bonds. The monoisotopic (exact) mass is 158 g/mol. The number of nitrogens with one attached hydrogen (secondary N) is 1. The largest absolute Gasteiger partial charge is 0.394 e. The first-order chi connectivity index (χ1) is 5.16. The number of hydrogen-bond acceptors (Lipinski definition) is 3. The lowest BCUT2D eigenvalue weighted by Gasteiger charge is -2.23. The molecule has 5 nitrogen and oxygen atoms in total. The van der Waals surface area contributed by atoms with Crippen molar-refractivity contribution in [2.75, 3.05) is 19.7 Å². The molecule has 0 aromatic carbocycles. The minimum atomic E-state index is -0.00366. The molecule has 5 heteroatoms. The SMILES string of the molecule is CC(CO)N1CCN(N)C1=N. The van der Waals surface area contributed by atoms with Crippen LogP contribution < -0.4 is 5.84 Å². The van der Waals surface area contributed by atoms with E-state index in [1.165, 1.54) is 5.01 Å². The summed E-state index contributed by atoms with van der Waals surface area (Å²) < 4.78 is 0. The molecule has 1 aliphatic rings. The molecule has 64 valence electrons. The van der Waals surface area contributed by atoms with Crippen molar-refractivity contribution < 1.29 is 5.11 Å². The zero-order valence-electron chi connectivity index (χ0n) is 6.62. The Morgan fingerprint density at radius 3 is 2.73 bits per heavy atom. The van der Waals surface area contributed by atoms with Gasteiger partial charge in [0.2, 0.25) is 5.96 Å². The molecular formula is C6H14N4O. The van der Waals surface area contributed by atoms with Crippen LogP contribution in [0.2, 0.25) is 0 Å². The Hall–Kier alpha value is -0.810. The van der Waals surface area contributed by atoms with E-state index < -0.39 is 0 Å². The highest BCUT2D eigenvalue weighted by atomic mass is 16.3. The van der Waals surface area contributed by atoms with Crippen molar-refractivity contribution in [3.8, 4) is 0 Å². The van der Waals surface area contributed by atoms with Gasteiger partial charge in [0.1, 0.15) is 0 Å². The predicted octanol–water partition coefficient (Wildman–Crippen LogP) is -1.21. The molecule has 0 saturated carbocycles. The van der Waals surface area contributed by atoms with Crippen LogP contribution in [-0.2, 0) is 0 Å². The van der Waals surface area contributed by atoms with Crippen LogP contribution in [-0.4, -0.2) is 46.7 Å². The number of nitrogens with zero attached hydrogens (tertiary/aromatic N) is 2. The van der Waals surface area contributed by atoms with Gasteiger partial charge in [-0.05, 0) is 6.92 Å². The van der Waals surface area contributed by atoms with Crippen LogP contribution in [0.25, 0.3) is 0 Å². The average molecular weight is 158 g/mol. The van der Waals surface area contributed by atoms with Gasteiger partial charge >= 0.3 is 0 Å². The number of nitrogens with two attached hydrogens (primary N) is 1. The van der Waals surface area contributed by atoms with Crippen LogP contribution in [0.15, 0.2) is 0 Å². The summed E-state index contributed by atoms with van der Waals surface area (Å²) >= 11 is 0. The van der Waals surface area contributed by atoms with Crippen molar-refractivity contribution in [2.24, 2.45) is 5.84 Å². The van der Waals surface area contributed by atoms with Crippen molar-refractivity contribution in [3.05, 3.63) is 0 Å². The van der Waals surface area contributed by atoms with Gasteiger partial charge in [-0.2, -0.15) is 0 Å². The molecule has 11 heavy (non-hydrogen) atoms. The third-order valence-corrected chi connectivity index (χ3v) is 1.92. The highest BCUT2D eigenvalue weighted by Crippen LogP contribution is 2.06. The summed E-state index contributed by atoms with van der Waals surface area (Å²) in [5, 5.41) is 17.6. The molecule has 1 rings (SSSR count). The zero-order valence-corrected chi connectivity index (χ0v) is 6.62. The maximum Gasteiger partial charge on any atom is 0.208 e. The van der Waals surface area contributed by atoms with Crippen molar-refractivity contribution in [3.63, 3.8) is 0 Å². The Labute approximate surface area is 65.9 Å². The lowest BCUT2D eigenvalue weighted by molar-refractivity contribution is 0.199. The van der Waals surface area contributed by atoms with Gasteiger partial charge in [-0.3, -0.25) is 10.4 Å². The Morgan fingerprint density at radius 1 is 1.73 bits per heavy atom. The highest BCUT2D eigenvalue weighted by molar-refractivity contribution is 5.78. The summed E-state index contributed by atoms with van der Waals surface area (Å²) in [5.41, 5.74) is 0. The highest BCUT2D eigenvalue weighted by Gasteiger charge is 2.25. The molecule has 1 heterocycles. The van der Waals surface area contributed by atoms with Crippen molar-refractivity contribution >= 4 is 5.96 Å². The predicted molar refractivity (Wildman–Crippen MR) is 41.9 cm³/mol. The molecule has 0 aromatic rings. The molecule has 0 radical (unpaired) electrons. The Bertz CT molecular complexity index is 161.